The highest BCUT2D eigenvalue weighted by molar-refractivity contribution is 5.54. The van der Waals surface area contributed by atoms with Crippen LogP contribution in [0, 0.1) is 11.3 Å². The molecular weight excluding hydrogens is 146 g/mol. The zero-order valence-electron chi connectivity index (χ0n) is 6.70. The second kappa shape index (κ2) is 4.15. The van der Waals surface area contributed by atoms with Crippen LogP contribution in [-0.2, 0) is 0 Å². The molecule has 0 bridgehead atoms. The van der Waals surface area contributed by atoms with Crippen LogP contribution < -0.4 is 0 Å². The zero-order valence-corrected chi connectivity index (χ0v) is 6.70. The molecular formula is C11H9N. The Labute approximate surface area is 72.3 Å². The Bertz CT molecular complexity index is 328. The molecule has 0 atom stereocenters. The summed E-state index contributed by atoms with van der Waals surface area (Å²) in [5.74, 6) is 0. The van der Waals surface area contributed by atoms with E-state index in [0.29, 0.717) is 5.57 Å². The smallest absolute Gasteiger partial charge is 0.0985 e. The number of allylic oxidation sites excluding steroid dienone is 2. The molecule has 0 spiro atoms. The molecule has 1 nitrogen and oxygen atoms in total. The highest BCUT2D eigenvalue weighted by Gasteiger charge is 1.83. The predicted octanol–water partition coefficient (Wildman–Crippen LogP) is 2.78. The predicted molar refractivity (Wildman–Crippen MR) is 50.2 cm³/mol. The van der Waals surface area contributed by atoms with Gasteiger partial charge in [0.25, 0.3) is 0 Å². The lowest BCUT2D eigenvalue weighted by Gasteiger charge is -1.89. The van der Waals surface area contributed by atoms with Crippen LogP contribution in [0.25, 0.3) is 6.08 Å². The van der Waals surface area contributed by atoms with E-state index in [9.17, 15) is 0 Å². The van der Waals surface area contributed by atoms with Crippen molar-refractivity contribution in [1.29, 1.82) is 5.26 Å². The lowest BCUT2D eigenvalue weighted by Crippen LogP contribution is -1.69. The molecule has 0 saturated heterocycles. The molecule has 1 aromatic carbocycles. The summed E-state index contributed by atoms with van der Waals surface area (Å²) in [5, 5.41) is 8.41. The van der Waals surface area contributed by atoms with E-state index in [0.717, 1.165) is 5.56 Å². The van der Waals surface area contributed by atoms with E-state index >= 15 is 0 Å². The molecule has 1 rings (SSSR count). The molecule has 0 aliphatic rings. The number of hydrogen-bond donors (Lipinski definition) is 0. The molecule has 0 saturated carbocycles. The van der Waals surface area contributed by atoms with Crippen molar-refractivity contribution in [3.63, 3.8) is 0 Å². The Morgan fingerprint density at radius 3 is 2.58 bits per heavy atom. The van der Waals surface area contributed by atoms with Crippen LogP contribution in [0.15, 0.2) is 48.6 Å². The van der Waals surface area contributed by atoms with Gasteiger partial charge in [0.15, 0.2) is 0 Å². The lowest BCUT2D eigenvalue weighted by molar-refractivity contribution is 1.51. The van der Waals surface area contributed by atoms with Crippen LogP contribution in [0.4, 0.5) is 0 Å². The summed E-state index contributed by atoms with van der Waals surface area (Å²) in [6.07, 6.45) is 3.57. The third-order valence-corrected chi connectivity index (χ3v) is 1.42. The molecule has 0 fully saturated rings. The van der Waals surface area contributed by atoms with Crippen molar-refractivity contribution in [2.24, 2.45) is 0 Å². The number of nitriles is 1. The first-order valence-corrected chi connectivity index (χ1v) is 3.65. The summed E-state index contributed by atoms with van der Waals surface area (Å²) < 4.78 is 0. The third kappa shape index (κ3) is 2.43. The standard InChI is InChI=1S/C11H9N/c1-10(9-12)7-8-11-5-3-2-4-6-11/h2-8H,1H2. The fourth-order valence-corrected chi connectivity index (χ4v) is 0.798. The number of hydrogen-bond acceptors (Lipinski definition) is 1. The van der Waals surface area contributed by atoms with Gasteiger partial charge in [0.1, 0.15) is 0 Å². The van der Waals surface area contributed by atoms with E-state index in [4.69, 9.17) is 5.26 Å². The Kier molecular flexibility index (Phi) is 2.87. The maximum atomic E-state index is 8.41. The quantitative estimate of drug-likeness (QED) is 0.476. The van der Waals surface area contributed by atoms with Gasteiger partial charge >= 0.3 is 0 Å². The number of nitrogens with zero attached hydrogens (tertiary/aromatic N) is 1. The molecule has 0 unspecified atom stereocenters. The van der Waals surface area contributed by atoms with Crippen LogP contribution >= 0.6 is 0 Å². The van der Waals surface area contributed by atoms with Crippen molar-refractivity contribution in [3.05, 3.63) is 54.1 Å². The monoisotopic (exact) mass is 155 g/mol. The van der Waals surface area contributed by atoms with E-state index in [1.54, 1.807) is 6.08 Å². The van der Waals surface area contributed by atoms with E-state index in [-0.39, 0.29) is 0 Å². The first-order chi connectivity index (χ1) is 5.83. The van der Waals surface area contributed by atoms with Crippen LogP contribution in [-0.4, -0.2) is 0 Å². The highest BCUT2D eigenvalue weighted by Crippen LogP contribution is 2.02. The van der Waals surface area contributed by atoms with Gasteiger partial charge in [-0.2, -0.15) is 5.26 Å². The normalized spacial score (nSPS) is 9.58. The van der Waals surface area contributed by atoms with E-state index in [1.165, 1.54) is 0 Å². The summed E-state index contributed by atoms with van der Waals surface area (Å²) in [6.45, 7) is 3.54. The summed E-state index contributed by atoms with van der Waals surface area (Å²) in [6, 6.07) is 11.8. The van der Waals surface area contributed by atoms with Crippen molar-refractivity contribution < 1.29 is 0 Å². The van der Waals surface area contributed by atoms with Gasteiger partial charge in [-0.05, 0) is 11.6 Å². The van der Waals surface area contributed by atoms with Gasteiger partial charge in [0, 0.05) is 5.57 Å². The van der Waals surface area contributed by atoms with E-state index in [1.807, 2.05) is 42.5 Å². The lowest BCUT2D eigenvalue weighted by atomic mass is 10.2. The van der Waals surface area contributed by atoms with Gasteiger partial charge in [-0.15, -0.1) is 0 Å². The van der Waals surface area contributed by atoms with E-state index in [2.05, 4.69) is 6.58 Å². The molecule has 0 aliphatic carbocycles. The minimum atomic E-state index is 0.471. The largest absolute Gasteiger partial charge is 0.192 e. The molecule has 0 radical (unpaired) electrons. The van der Waals surface area contributed by atoms with Crippen LogP contribution in [0.1, 0.15) is 5.56 Å². The molecule has 1 heteroatoms. The van der Waals surface area contributed by atoms with Gasteiger partial charge in [-0.3, -0.25) is 0 Å². The Balaban J connectivity index is 2.72. The molecule has 0 heterocycles. The molecule has 0 aromatic heterocycles. The minimum Gasteiger partial charge on any atom is -0.192 e. The first-order valence-electron chi connectivity index (χ1n) is 3.65. The summed E-state index contributed by atoms with van der Waals surface area (Å²) in [5.41, 5.74) is 1.55. The summed E-state index contributed by atoms with van der Waals surface area (Å²) in [7, 11) is 0. The van der Waals surface area contributed by atoms with Crippen molar-refractivity contribution in [3.8, 4) is 6.07 Å². The van der Waals surface area contributed by atoms with Crippen molar-refractivity contribution in [1.82, 2.24) is 0 Å². The highest BCUT2D eigenvalue weighted by atomic mass is 14.2. The fourth-order valence-electron chi connectivity index (χ4n) is 0.798. The van der Waals surface area contributed by atoms with Gasteiger partial charge in [0.2, 0.25) is 0 Å². The maximum absolute atomic E-state index is 8.41. The molecule has 0 N–H and O–H groups in total. The number of rotatable bonds is 2. The Morgan fingerprint density at radius 2 is 2.00 bits per heavy atom. The topological polar surface area (TPSA) is 23.8 Å². The molecule has 1 aromatic rings. The second-order valence-electron chi connectivity index (χ2n) is 2.38. The molecule has 12 heavy (non-hydrogen) atoms. The first kappa shape index (κ1) is 8.29. The van der Waals surface area contributed by atoms with Gasteiger partial charge < -0.3 is 0 Å². The van der Waals surface area contributed by atoms with Gasteiger partial charge in [-0.25, -0.2) is 0 Å². The fraction of sp³-hybridized carbons (Fsp3) is 0. The van der Waals surface area contributed by atoms with Crippen LogP contribution in [0.5, 0.6) is 0 Å². The van der Waals surface area contributed by atoms with Crippen LogP contribution in [0.2, 0.25) is 0 Å². The van der Waals surface area contributed by atoms with Gasteiger partial charge in [-0.1, -0.05) is 43.0 Å². The average Bonchev–Trinajstić information content (AvgIpc) is 2.16. The summed E-state index contributed by atoms with van der Waals surface area (Å²) in [4.78, 5) is 0. The van der Waals surface area contributed by atoms with E-state index < -0.39 is 0 Å². The van der Waals surface area contributed by atoms with Crippen molar-refractivity contribution in [2.45, 2.75) is 0 Å². The Morgan fingerprint density at radius 1 is 1.33 bits per heavy atom. The second-order valence-corrected chi connectivity index (χ2v) is 2.38. The number of benzene rings is 1. The molecule has 58 valence electrons. The zero-order chi connectivity index (χ0) is 8.81. The SMILES string of the molecule is C=C(C#N)C=Cc1ccccc1. The Hall–Kier alpha value is -1.81. The minimum absolute atomic E-state index is 0.471. The van der Waals surface area contributed by atoms with Crippen molar-refractivity contribution in [2.75, 3.05) is 0 Å². The average molecular weight is 155 g/mol. The van der Waals surface area contributed by atoms with Gasteiger partial charge in [0.05, 0.1) is 6.07 Å². The van der Waals surface area contributed by atoms with Crippen molar-refractivity contribution >= 4 is 6.08 Å². The molecule has 0 aliphatic heterocycles. The molecule has 0 amide bonds. The third-order valence-electron chi connectivity index (χ3n) is 1.42. The maximum Gasteiger partial charge on any atom is 0.0985 e. The summed E-state index contributed by atoms with van der Waals surface area (Å²) >= 11 is 0. The van der Waals surface area contributed by atoms with Crippen LogP contribution in [0.3, 0.4) is 0 Å².